The van der Waals surface area contributed by atoms with E-state index in [2.05, 4.69) is 4.99 Å². The predicted octanol–water partition coefficient (Wildman–Crippen LogP) is 4.11. The molecule has 1 aromatic heterocycles. The van der Waals surface area contributed by atoms with Crippen LogP contribution in [0.2, 0.25) is 0 Å². The number of rotatable bonds is 5. The van der Waals surface area contributed by atoms with Crippen molar-refractivity contribution in [1.29, 1.82) is 0 Å². The second-order valence-corrected chi connectivity index (χ2v) is 10.4. The molecule has 0 radical (unpaired) electrons. The fourth-order valence-electron chi connectivity index (χ4n) is 4.17. The molecule has 0 spiro atoms. The molecule has 0 bridgehead atoms. The molecule has 1 aliphatic heterocycles. The second kappa shape index (κ2) is 8.40. The van der Waals surface area contributed by atoms with Gasteiger partial charge in [-0.05, 0) is 43.5 Å². The van der Waals surface area contributed by atoms with Gasteiger partial charge in [-0.15, -0.1) is 0 Å². The van der Waals surface area contributed by atoms with Gasteiger partial charge in [0.2, 0.25) is 10.0 Å². The number of nitrogens with zero attached hydrogens (tertiary/aromatic N) is 4. The highest BCUT2D eigenvalue weighted by atomic mass is 32.2. The van der Waals surface area contributed by atoms with E-state index >= 15 is 0 Å². The van der Waals surface area contributed by atoms with Crippen LogP contribution >= 0.6 is 0 Å². The van der Waals surface area contributed by atoms with Crippen molar-refractivity contribution in [2.24, 2.45) is 4.99 Å². The van der Waals surface area contributed by atoms with Crippen LogP contribution < -0.4 is 0 Å². The molecule has 0 saturated heterocycles. The van der Waals surface area contributed by atoms with E-state index < -0.39 is 10.0 Å². The molecule has 2 aromatic rings. The molecular formula is C23H28N4O2S. The molecule has 0 unspecified atom stereocenters. The summed E-state index contributed by atoms with van der Waals surface area (Å²) in [6.07, 6.45) is 11.9. The van der Waals surface area contributed by atoms with Crippen molar-refractivity contribution < 1.29 is 8.42 Å². The van der Waals surface area contributed by atoms with Crippen molar-refractivity contribution in [2.45, 2.75) is 49.8 Å². The Kier molecular flexibility index (Phi) is 5.84. The molecule has 0 atom stereocenters. The molecule has 4 rings (SSSR count). The minimum absolute atomic E-state index is 0.282. The van der Waals surface area contributed by atoms with E-state index in [9.17, 15) is 8.42 Å². The highest BCUT2D eigenvalue weighted by Crippen LogP contribution is 2.34. The number of hydrogen-bond donors (Lipinski definition) is 0. The number of aliphatic imine (C=N–C) groups is 1. The largest absolute Gasteiger partial charge is 0.279 e. The van der Waals surface area contributed by atoms with Gasteiger partial charge in [0, 0.05) is 31.8 Å². The zero-order valence-corrected chi connectivity index (χ0v) is 18.6. The molecule has 0 N–H and O–H groups in total. The Morgan fingerprint density at radius 3 is 2.47 bits per heavy atom. The quantitative estimate of drug-likeness (QED) is 0.724. The molecule has 2 aliphatic rings. The van der Waals surface area contributed by atoms with E-state index in [1.54, 1.807) is 26.2 Å². The Morgan fingerprint density at radius 2 is 1.83 bits per heavy atom. The van der Waals surface area contributed by atoms with E-state index in [-0.39, 0.29) is 4.90 Å². The summed E-state index contributed by atoms with van der Waals surface area (Å²) >= 11 is 0. The Morgan fingerprint density at radius 1 is 1.07 bits per heavy atom. The summed E-state index contributed by atoms with van der Waals surface area (Å²) in [6, 6.07) is 5.22. The zero-order valence-electron chi connectivity index (χ0n) is 17.8. The van der Waals surface area contributed by atoms with Gasteiger partial charge in [-0.3, -0.25) is 9.98 Å². The molecule has 1 fully saturated rings. The predicted molar refractivity (Wildman–Crippen MR) is 119 cm³/mol. The molecule has 0 amide bonds. The van der Waals surface area contributed by atoms with Gasteiger partial charge in [-0.2, -0.15) is 0 Å². The smallest absolute Gasteiger partial charge is 0.242 e. The van der Waals surface area contributed by atoms with E-state index in [1.807, 2.05) is 31.3 Å². The molecule has 1 aliphatic carbocycles. The third kappa shape index (κ3) is 3.96. The van der Waals surface area contributed by atoms with Crippen LogP contribution in [0, 0.1) is 6.92 Å². The maximum Gasteiger partial charge on any atom is 0.242 e. The summed E-state index contributed by atoms with van der Waals surface area (Å²) < 4.78 is 26.3. The first-order valence-corrected chi connectivity index (χ1v) is 11.9. The number of benzene rings is 1. The van der Waals surface area contributed by atoms with Crippen LogP contribution in [0.15, 0.2) is 46.4 Å². The van der Waals surface area contributed by atoms with Gasteiger partial charge in [-0.1, -0.05) is 31.4 Å². The minimum atomic E-state index is -3.49. The van der Waals surface area contributed by atoms with Gasteiger partial charge in [-0.25, -0.2) is 17.7 Å². The Bertz CT molecular complexity index is 1110. The number of aromatic nitrogens is 2. The lowest BCUT2D eigenvalue weighted by molar-refractivity contribution is 0.436. The highest BCUT2D eigenvalue weighted by Gasteiger charge is 2.23. The molecule has 1 saturated carbocycles. The van der Waals surface area contributed by atoms with Gasteiger partial charge in [0.25, 0.3) is 0 Å². The minimum Gasteiger partial charge on any atom is -0.279 e. The average molecular weight is 425 g/mol. The summed E-state index contributed by atoms with van der Waals surface area (Å²) in [6.45, 7) is 2.58. The zero-order chi connectivity index (χ0) is 21.3. The van der Waals surface area contributed by atoms with Crippen LogP contribution in [0.3, 0.4) is 0 Å². The average Bonchev–Trinajstić information content (AvgIpc) is 3.28. The van der Waals surface area contributed by atoms with Crippen LogP contribution in [-0.2, 0) is 10.0 Å². The lowest BCUT2D eigenvalue weighted by atomic mass is 9.87. The van der Waals surface area contributed by atoms with Crippen LogP contribution in [0.5, 0.6) is 0 Å². The Hall–Kier alpha value is -2.38. The highest BCUT2D eigenvalue weighted by molar-refractivity contribution is 7.89. The summed E-state index contributed by atoms with van der Waals surface area (Å²) in [4.78, 5) is 14.7. The number of allylic oxidation sites excluding steroid dienone is 1. The van der Waals surface area contributed by atoms with Crippen LogP contribution in [0.1, 0.15) is 55.0 Å². The molecule has 30 heavy (non-hydrogen) atoms. The van der Waals surface area contributed by atoms with Crippen molar-refractivity contribution in [2.75, 3.05) is 20.6 Å². The first kappa shape index (κ1) is 20.9. The lowest BCUT2D eigenvalue weighted by Gasteiger charge is -2.22. The third-order valence-corrected chi connectivity index (χ3v) is 7.74. The number of sulfonamides is 1. The first-order valence-electron chi connectivity index (χ1n) is 10.5. The molecule has 1 aromatic carbocycles. The third-order valence-electron chi connectivity index (χ3n) is 5.93. The van der Waals surface area contributed by atoms with Crippen LogP contribution in [0.25, 0.3) is 11.3 Å². The summed E-state index contributed by atoms with van der Waals surface area (Å²) in [5, 5.41) is 0. The lowest BCUT2D eigenvalue weighted by Crippen LogP contribution is -2.22. The van der Waals surface area contributed by atoms with Crippen molar-refractivity contribution in [3.63, 3.8) is 0 Å². The second-order valence-electron chi connectivity index (χ2n) is 8.22. The summed E-state index contributed by atoms with van der Waals surface area (Å²) in [7, 11) is -0.403. The van der Waals surface area contributed by atoms with Gasteiger partial charge < -0.3 is 0 Å². The SMILES string of the molecule is Cc1cc(S(=O)(=O)N(C)C)ccc1-c1nc(C2CCCCC2)cnc1C1=NCC=C1. The maximum atomic E-state index is 12.5. The van der Waals surface area contributed by atoms with Crippen molar-refractivity contribution in [1.82, 2.24) is 14.3 Å². The topological polar surface area (TPSA) is 75.5 Å². The monoisotopic (exact) mass is 424 g/mol. The number of aryl methyl sites for hydroxylation is 1. The maximum absolute atomic E-state index is 12.5. The van der Waals surface area contributed by atoms with Gasteiger partial charge >= 0.3 is 0 Å². The molecule has 2 heterocycles. The van der Waals surface area contributed by atoms with Gasteiger partial charge in [0.05, 0.1) is 28.5 Å². The number of hydrogen-bond acceptors (Lipinski definition) is 5. The summed E-state index contributed by atoms with van der Waals surface area (Å²) in [5.41, 5.74) is 5.16. The van der Waals surface area contributed by atoms with Crippen molar-refractivity contribution >= 4 is 15.7 Å². The van der Waals surface area contributed by atoms with E-state index in [4.69, 9.17) is 9.97 Å². The molecule has 158 valence electrons. The molecule has 7 heteroatoms. The van der Waals surface area contributed by atoms with E-state index in [1.165, 1.54) is 23.6 Å². The van der Waals surface area contributed by atoms with Gasteiger partial charge in [0.15, 0.2) is 0 Å². The van der Waals surface area contributed by atoms with Crippen LogP contribution in [0.4, 0.5) is 0 Å². The molecular weight excluding hydrogens is 396 g/mol. The normalized spacial score (nSPS) is 17.5. The van der Waals surface area contributed by atoms with Gasteiger partial charge in [0.1, 0.15) is 5.69 Å². The van der Waals surface area contributed by atoms with E-state index in [0.717, 1.165) is 46.8 Å². The molecule has 6 nitrogen and oxygen atoms in total. The summed E-state index contributed by atoms with van der Waals surface area (Å²) in [5.74, 6) is 0.439. The fraction of sp³-hybridized carbons (Fsp3) is 0.435. The van der Waals surface area contributed by atoms with E-state index in [0.29, 0.717) is 12.5 Å². The van der Waals surface area contributed by atoms with Crippen LogP contribution in [-0.4, -0.2) is 49.0 Å². The van der Waals surface area contributed by atoms with Crippen molar-refractivity contribution in [3.05, 3.63) is 53.5 Å². The first-order chi connectivity index (χ1) is 14.4. The Balaban J connectivity index is 1.82. The van der Waals surface area contributed by atoms with Crippen molar-refractivity contribution in [3.8, 4) is 11.3 Å². The fourth-order valence-corrected chi connectivity index (χ4v) is 5.16. The Labute approximate surface area is 178 Å². The standard InChI is InChI=1S/C23H28N4O2S/c1-16-14-18(30(28,29)27(2)3)11-12-19(16)22-23(20-10-7-13-24-20)25-15-21(26-22)17-8-5-4-6-9-17/h7,10-12,14-15,17H,4-6,8-9,13H2,1-3H3.